The molecule has 0 saturated carbocycles. The van der Waals surface area contributed by atoms with Crippen molar-refractivity contribution < 1.29 is 4.74 Å². The largest absolute Gasteiger partial charge is 0.487 e. The lowest BCUT2D eigenvalue weighted by Gasteiger charge is -2.08. The maximum atomic E-state index is 6.07. The summed E-state index contributed by atoms with van der Waals surface area (Å²) in [6, 6.07) is 9.26. The monoisotopic (exact) mass is 345 g/mol. The van der Waals surface area contributed by atoms with Crippen LogP contribution in [-0.2, 0) is 11.9 Å². The van der Waals surface area contributed by atoms with E-state index in [1.807, 2.05) is 24.3 Å². The van der Waals surface area contributed by atoms with Crippen LogP contribution < -0.4 is 4.74 Å². The van der Waals surface area contributed by atoms with E-state index in [1.165, 1.54) is 0 Å². The average molecular weight is 347 g/mol. The van der Waals surface area contributed by atoms with Crippen LogP contribution in [0.1, 0.15) is 11.3 Å². The van der Waals surface area contributed by atoms with Gasteiger partial charge in [-0.1, -0.05) is 51.3 Å². The Morgan fingerprint density at radius 3 is 2.67 bits per heavy atom. The summed E-state index contributed by atoms with van der Waals surface area (Å²) in [5.74, 6) is 0.704. The van der Waals surface area contributed by atoms with Crippen molar-refractivity contribution in [2.45, 2.75) is 11.9 Å². The molecule has 0 saturated heterocycles. The van der Waals surface area contributed by atoms with Crippen molar-refractivity contribution in [3.63, 3.8) is 0 Å². The molecule has 0 radical (unpaired) electrons. The molecule has 2 rings (SSSR count). The highest BCUT2D eigenvalue weighted by Gasteiger charge is 2.05. The van der Waals surface area contributed by atoms with E-state index in [-0.39, 0.29) is 0 Å². The molecule has 2 nitrogen and oxygen atoms in total. The molecule has 0 N–H and O–H groups in total. The van der Waals surface area contributed by atoms with Gasteiger partial charge in [0.2, 0.25) is 0 Å². The number of pyridine rings is 1. The maximum Gasteiger partial charge on any atom is 0.138 e. The molecule has 0 aliphatic rings. The molecule has 0 aliphatic carbocycles. The van der Waals surface area contributed by atoms with Crippen LogP contribution in [0.5, 0.6) is 5.75 Å². The number of hydrogen-bond acceptors (Lipinski definition) is 2. The minimum absolute atomic E-state index is 0.370. The van der Waals surface area contributed by atoms with Crippen LogP contribution in [-0.4, -0.2) is 4.98 Å². The van der Waals surface area contributed by atoms with Crippen molar-refractivity contribution >= 4 is 39.1 Å². The van der Waals surface area contributed by atoms with E-state index < -0.39 is 0 Å². The molecule has 2 aromatic rings. The molecule has 0 unspecified atom stereocenters. The van der Waals surface area contributed by atoms with Crippen molar-refractivity contribution in [3.8, 4) is 5.75 Å². The highest BCUT2D eigenvalue weighted by atomic mass is 79.9. The lowest BCUT2D eigenvalue weighted by Crippen LogP contribution is -1.97. The maximum absolute atomic E-state index is 6.07. The van der Waals surface area contributed by atoms with Gasteiger partial charge in [-0.25, -0.2) is 0 Å². The van der Waals surface area contributed by atoms with Crippen LogP contribution in [0.15, 0.2) is 36.5 Å². The van der Waals surface area contributed by atoms with Crippen LogP contribution in [0, 0.1) is 0 Å². The highest BCUT2D eigenvalue weighted by molar-refractivity contribution is 9.08. The number of nitrogens with zero attached hydrogens (tertiary/aromatic N) is 1. The topological polar surface area (TPSA) is 22.1 Å². The number of rotatable bonds is 4. The molecule has 0 atom stereocenters. The smallest absolute Gasteiger partial charge is 0.138 e. The Labute approximate surface area is 124 Å². The van der Waals surface area contributed by atoms with Crippen molar-refractivity contribution in [1.82, 2.24) is 4.98 Å². The quantitative estimate of drug-likeness (QED) is 0.737. The number of hydrogen-bond donors (Lipinski definition) is 0. The average Bonchev–Trinajstić information content (AvgIpc) is 2.41. The molecule has 1 heterocycles. The Hall–Kier alpha value is -0.770. The summed E-state index contributed by atoms with van der Waals surface area (Å²) in [5, 5.41) is 1.79. The predicted octanol–water partition coefficient (Wildman–Crippen LogP) is 4.86. The van der Waals surface area contributed by atoms with Gasteiger partial charge in [-0.2, -0.15) is 0 Å². The van der Waals surface area contributed by atoms with E-state index in [0.717, 1.165) is 16.6 Å². The summed E-state index contributed by atoms with van der Waals surface area (Å²) in [4.78, 5) is 4.22. The van der Waals surface area contributed by atoms with Crippen LogP contribution in [0.4, 0.5) is 0 Å². The second kappa shape index (κ2) is 6.41. The van der Waals surface area contributed by atoms with E-state index >= 15 is 0 Å². The molecule has 0 fully saturated rings. The fourth-order valence-corrected chi connectivity index (χ4v) is 2.10. The number of alkyl halides is 1. The first kappa shape index (κ1) is 13.7. The molecule has 1 aromatic heterocycles. The van der Waals surface area contributed by atoms with E-state index in [9.17, 15) is 0 Å². The van der Waals surface area contributed by atoms with Crippen molar-refractivity contribution in [3.05, 3.63) is 57.8 Å². The van der Waals surface area contributed by atoms with Gasteiger partial charge < -0.3 is 4.74 Å². The zero-order valence-corrected chi connectivity index (χ0v) is 12.5. The highest BCUT2D eigenvalue weighted by Crippen LogP contribution is 2.26. The van der Waals surface area contributed by atoms with Gasteiger partial charge in [-0.15, -0.1) is 0 Å². The van der Waals surface area contributed by atoms with Gasteiger partial charge in [0.15, 0.2) is 0 Å². The zero-order valence-electron chi connectivity index (χ0n) is 9.37. The SMILES string of the molecule is Clc1cccc(COc2ccc(CBr)nc2)c1Cl. The standard InChI is InChI=1S/C13H10BrCl2NO/c14-6-10-4-5-11(7-17-10)18-8-9-2-1-3-12(15)13(9)16/h1-5,7H,6,8H2. The molecule has 0 spiro atoms. The molecule has 0 amide bonds. The molecular formula is C13H10BrCl2NO. The van der Waals surface area contributed by atoms with E-state index in [2.05, 4.69) is 20.9 Å². The predicted molar refractivity (Wildman–Crippen MR) is 77.7 cm³/mol. The lowest BCUT2D eigenvalue weighted by atomic mass is 10.2. The minimum atomic E-state index is 0.370. The lowest BCUT2D eigenvalue weighted by molar-refractivity contribution is 0.305. The van der Waals surface area contributed by atoms with Crippen LogP contribution in [0.25, 0.3) is 0 Å². The Balaban J connectivity index is 2.04. The van der Waals surface area contributed by atoms with Gasteiger partial charge in [0.25, 0.3) is 0 Å². The van der Waals surface area contributed by atoms with Gasteiger partial charge in [-0.3, -0.25) is 4.98 Å². The summed E-state index contributed by atoms with van der Waals surface area (Å²) < 4.78 is 5.61. The van der Waals surface area contributed by atoms with Gasteiger partial charge in [0.1, 0.15) is 12.4 Å². The van der Waals surface area contributed by atoms with Gasteiger partial charge in [0, 0.05) is 10.9 Å². The minimum Gasteiger partial charge on any atom is -0.487 e. The molecule has 5 heteroatoms. The summed E-state index contributed by atoms with van der Waals surface area (Å²) in [6.07, 6.45) is 1.69. The summed E-state index contributed by atoms with van der Waals surface area (Å²) >= 11 is 15.3. The van der Waals surface area contributed by atoms with Crippen LogP contribution in [0.2, 0.25) is 10.0 Å². The van der Waals surface area contributed by atoms with Crippen LogP contribution in [0.3, 0.4) is 0 Å². The zero-order chi connectivity index (χ0) is 13.0. The van der Waals surface area contributed by atoms with Gasteiger partial charge >= 0.3 is 0 Å². The van der Waals surface area contributed by atoms with Crippen molar-refractivity contribution in [2.24, 2.45) is 0 Å². The first-order valence-corrected chi connectivity index (χ1v) is 7.15. The fraction of sp³-hybridized carbons (Fsp3) is 0.154. The van der Waals surface area contributed by atoms with Crippen molar-refractivity contribution in [1.29, 1.82) is 0 Å². The van der Waals surface area contributed by atoms with E-state index in [0.29, 0.717) is 22.4 Å². The number of halogens is 3. The first-order chi connectivity index (χ1) is 8.70. The summed E-state index contributed by atoms with van der Waals surface area (Å²) in [7, 11) is 0. The molecule has 1 aromatic carbocycles. The molecule has 0 bridgehead atoms. The van der Waals surface area contributed by atoms with Gasteiger partial charge in [0.05, 0.1) is 21.9 Å². The second-order valence-corrected chi connectivity index (χ2v) is 4.97. The van der Waals surface area contributed by atoms with Crippen LogP contribution >= 0.6 is 39.1 Å². The molecule has 18 heavy (non-hydrogen) atoms. The Morgan fingerprint density at radius 2 is 2.00 bits per heavy atom. The third-order valence-electron chi connectivity index (χ3n) is 2.36. The third kappa shape index (κ3) is 3.37. The first-order valence-electron chi connectivity index (χ1n) is 5.27. The second-order valence-electron chi connectivity index (χ2n) is 3.62. The number of ether oxygens (including phenoxy) is 1. The van der Waals surface area contributed by atoms with E-state index in [1.54, 1.807) is 12.3 Å². The Kier molecular flexibility index (Phi) is 4.87. The third-order valence-corrected chi connectivity index (χ3v) is 3.79. The summed E-state index contributed by atoms with van der Waals surface area (Å²) in [5.41, 5.74) is 1.82. The fourth-order valence-electron chi connectivity index (χ4n) is 1.40. The van der Waals surface area contributed by atoms with Gasteiger partial charge in [-0.05, 0) is 18.2 Å². The molecule has 94 valence electrons. The number of benzene rings is 1. The number of aromatic nitrogens is 1. The Bertz CT molecular complexity index is 531. The molecule has 0 aliphatic heterocycles. The molecular weight excluding hydrogens is 337 g/mol. The van der Waals surface area contributed by atoms with Crippen molar-refractivity contribution in [2.75, 3.05) is 0 Å². The normalized spacial score (nSPS) is 10.4. The Morgan fingerprint density at radius 1 is 1.17 bits per heavy atom. The summed E-state index contributed by atoms with van der Waals surface area (Å²) in [6.45, 7) is 0.370. The van der Waals surface area contributed by atoms with E-state index in [4.69, 9.17) is 27.9 Å².